The summed E-state index contributed by atoms with van der Waals surface area (Å²) < 4.78 is 16.5. The first kappa shape index (κ1) is 21.4. The lowest BCUT2D eigenvalue weighted by Gasteiger charge is -2.27. The van der Waals surface area contributed by atoms with Gasteiger partial charge in [-0.2, -0.15) is 0 Å². The Labute approximate surface area is 193 Å². The zero-order valence-electron chi connectivity index (χ0n) is 19.1. The highest BCUT2D eigenvalue weighted by molar-refractivity contribution is 5.93. The van der Waals surface area contributed by atoms with Crippen LogP contribution in [0.4, 0.5) is 4.79 Å². The van der Waals surface area contributed by atoms with Crippen molar-refractivity contribution in [3.05, 3.63) is 48.3 Å². The van der Waals surface area contributed by atoms with Crippen molar-refractivity contribution in [2.75, 3.05) is 27.3 Å². The molecule has 0 bridgehead atoms. The Bertz CT molecular complexity index is 1190. The Balaban J connectivity index is 1.37. The maximum absolute atomic E-state index is 12.5. The lowest BCUT2D eigenvalue weighted by atomic mass is 9.98. The minimum atomic E-state index is -0.187. The van der Waals surface area contributed by atoms with Gasteiger partial charge in [0.25, 0.3) is 0 Å². The number of nitrogens with zero attached hydrogens (tertiary/aromatic N) is 2. The molecule has 1 amide bonds. The average Bonchev–Trinajstić information content (AvgIpc) is 3.53. The van der Waals surface area contributed by atoms with Crippen molar-refractivity contribution in [3.8, 4) is 22.6 Å². The number of pyridine rings is 1. The van der Waals surface area contributed by atoms with Gasteiger partial charge in [0.15, 0.2) is 11.5 Å². The number of benzene rings is 1. The molecule has 7 heteroatoms. The fourth-order valence-electron chi connectivity index (χ4n) is 4.75. The zero-order valence-corrected chi connectivity index (χ0v) is 19.1. The van der Waals surface area contributed by atoms with Gasteiger partial charge in [-0.3, -0.25) is 0 Å². The lowest BCUT2D eigenvalue weighted by Crippen LogP contribution is -2.36. The van der Waals surface area contributed by atoms with E-state index >= 15 is 0 Å². The molecule has 0 spiro atoms. The maximum atomic E-state index is 12.5. The summed E-state index contributed by atoms with van der Waals surface area (Å²) >= 11 is 0. The first-order valence-corrected chi connectivity index (χ1v) is 11.5. The Hall–Kier alpha value is -3.48. The first-order valence-electron chi connectivity index (χ1n) is 11.5. The van der Waals surface area contributed by atoms with E-state index < -0.39 is 0 Å². The van der Waals surface area contributed by atoms with E-state index in [9.17, 15) is 4.79 Å². The second kappa shape index (κ2) is 9.17. The molecule has 172 valence electrons. The van der Waals surface area contributed by atoms with Crippen molar-refractivity contribution in [1.29, 1.82) is 0 Å². The van der Waals surface area contributed by atoms with E-state index in [0.29, 0.717) is 24.6 Å². The second-order valence-electron chi connectivity index (χ2n) is 8.61. The number of fused-ring (bicyclic) bond motifs is 1. The van der Waals surface area contributed by atoms with Crippen LogP contribution in [0.1, 0.15) is 37.7 Å². The molecule has 2 aromatic heterocycles. The summed E-state index contributed by atoms with van der Waals surface area (Å²) in [5, 5.41) is 1.07. The second-order valence-corrected chi connectivity index (χ2v) is 8.61. The zero-order chi connectivity index (χ0) is 22.8. The summed E-state index contributed by atoms with van der Waals surface area (Å²) in [5.74, 6) is 1.38. The predicted octanol–water partition coefficient (Wildman–Crippen LogP) is 5.42. The summed E-state index contributed by atoms with van der Waals surface area (Å²) in [5.41, 5.74) is 5.20. The number of hydrogen-bond donors (Lipinski definition) is 1. The highest BCUT2D eigenvalue weighted by Crippen LogP contribution is 2.35. The number of aromatic amines is 1. The van der Waals surface area contributed by atoms with Crippen molar-refractivity contribution >= 4 is 22.7 Å². The molecule has 1 aliphatic carbocycles. The highest BCUT2D eigenvalue weighted by atomic mass is 16.6. The van der Waals surface area contributed by atoms with Gasteiger partial charge < -0.3 is 24.1 Å². The van der Waals surface area contributed by atoms with Gasteiger partial charge in [-0.25, -0.2) is 9.78 Å². The number of carbonyl (C=O) groups is 1. The number of nitrogens with one attached hydrogen (secondary N) is 1. The topological polar surface area (TPSA) is 76.7 Å². The van der Waals surface area contributed by atoms with Crippen LogP contribution in [0.15, 0.2) is 42.7 Å². The Morgan fingerprint density at radius 3 is 2.64 bits per heavy atom. The molecule has 0 radical (unpaired) electrons. The average molecular weight is 448 g/mol. The number of amides is 1. The molecule has 7 nitrogen and oxygen atoms in total. The van der Waals surface area contributed by atoms with Gasteiger partial charge in [0, 0.05) is 42.0 Å². The molecule has 1 aliphatic heterocycles. The summed E-state index contributed by atoms with van der Waals surface area (Å²) in [6.07, 6.45) is 11.0. The Morgan fingerprint density at radius 1 is 1.09 bits per heavy atom. The first-order chi connectivity index (χ1) is 16.2. The third-order valence-electron chi connectivity index (χ3n) is 6.63. The van der Waals surface area contributed by atoms with Crippen molar-refractivity contribution in [2.24, 2.45) is 0 Å². The van der Waals surface area contributed by atoms with Gasteiger partial charge in [0.2, 0.25) is 0 Å². The van der Waals surface area contributed by atoms with E-state index in [1.165, 1.54) is 5.57 Å². The molecule has 3 heterocycles. The molecule has 1 aromatic carbocycles. The maximum Gasteiger partial charge on any atom is 0.410 e. The molecule has 0 saturated heterocycles. The molecular formula is C26H29N3O4. The molecule has 0 unspecified atom stereocenters. The third kappa shape index (κ3) is 4.27. The summed E-state index contributed by atoms with van der Waals surface area (Å²) in [6.45, 7) is 1.23. The molecule has 2 aliphatic rings. The van der Waals surface area contributed by atoms with E-state index in [0.717, 1.165) is 59.8 Å². The monoisotopic (exact) mass is 447 g/mol. The number of ether oxygens (including phenoxy) is 3. The van der Waals surface area contributed by atoms with Gasteiger partial charge >= 0.3 is 6.09 Å². The minimum absolute atomic E-state index is 0.0950. The van der Waals surface area contributed by atoms with Crippen molar-refractivity contribution in [2.45, 2.75) is 38.2 Å². The third-order valence-corrected chi connectivity index (χ3v) is 6.63. The number of aromatic nitrogens is 2. The Morgan fingerprint density at radius 2 is 1.91 bits per heavy atom. The van der Waals surface area contributed by atoms with Gasteiger partial charge in [0.1, 0.15) is 11.8 Å². The van der Waals surface area contributed by atoms with Gasteiger partial charge in [-0.05, 0) is 61.4 Å². The van der Waals surface area contributed by atoms with Crippen LogP contribution in [-0.4, -0.2) is 54.4 Å². The molecule has 1 N–H and O–H groups in total. The van der Waals surface area contributed by atoms with E-state index in [4.69, 9.17) is 14.2 Å². The van der Waals surface area contributed by atoms with Crippen LogP contribution >= 0.6 is 0 Å². The number of carbonyl (C=O) groups excluding carboxylic acids is 1. The van der Waals surface area contributed by atoms with E-state index in [-0.39, 0.29) is 12.2 Å². The smallest absolute Gasteiger partial charge is 0.410 e. The SMILES string of the molecule is COc1ccc(-c2cnc3[nH]cc(C4=CCN(C(=O)OC5CCCC5)CC4)c3c2)cc1OC. The van der Waals surface area contributed by atoms with Crippen LogP contribution in [-0.2, 0) is 4.74 Å². The van der Waals surface area contributed by atoms with E-state index in [1.54, 1.807) is 19.1 Å². The van der Waals surface area contributed by atoms with Crippen LogP contribution in [0.25, 0.3) is 27.7 Å². The number of hydrogen-bond acceptors (Lipinski definition) is 5. The summed E-state index contributed by atoms with van der Waals surface area (Å²) in [6, 6.07) is 8.02. The molecule has 3 aromatic rings. The molecule has 33 heavy (non-hydrogen) atoms. The van der Waals surface area contributed by atoms with E-state index in [2.05, 4.69) is 22.1 Å². The molecule has 0 atom stereocenters. The lowest BCUT2D eigenvalue weighted by molar-refractivity contribution is 0.0682. The largest absolute Gasteiger partial charge is 0.493 e. The predicted molar refractivity (Wildman–Crippen MR) is 128 cm³/mol. The fraction of sp³-hybridized carbons (Fsp3) is 0.385. The van der Waals surface area contributed by atoms with Crippen LogP contribution in [0.5, 0.6) is 11.5 Å². The summed E-state index contributed by atoms with van der Waals surface area (Å²) in [4.78, 5) is 22.2. The Kier molecular flexibility index (Phi) is 5.94. The van der Waals surface area contributed by atoms with Crippen LogP contribution in [0, 0.1) is 0 Å². The number of rotatable bonds is 5. The van der Waals surface area contributed by atoms with E-state index in [1.807, 2.05) is 30.6 Å². The number of methoxy groups -OCH3 is 2. The summed E-state index contributed by atoms with van der Waals surface area (Å²) in [7, 11) is 3.26. The van der Waals surface area contributed by atoms with Crippen LogP contribution in [0.3, 0.4) is 0 Å². The molecule has 1 fully saturated rings. The standard InChI is InChI=1S/C26H29N3O4/c1-31-23-8-7-18(14-24(23)32-2)19-13-21-22(16-28-25(21)27-15-19)17-9-11-29(12-10-17)26(30)33-20-5-3-4-6-20/h7-9,13-16,20H,3-6,10-12H2,1-2H3,(H,27,28). The van der Waals surface area contributed by atoms with Crippen molar-refractivity contribution < 1.29 is 19.0 Å². The van der Waals surface area contributed by atoms with Crippen LogP contribution < -0.4 is 9.47 Å². The van der Waals surface area contributed by atoms with Crippen molar-refractivity contribution in [1.82, 2.24) is 14.9 Å². The quantitative estimate of drug-likeness (QED) is 0.565. The normalized spacial score (nSPS) is 16.7. The number of H-pyrrole nitrogens is 1. The molecular weight excluding hydrogens is 418 g/mol. The highest BCUT2D eigenvalue weighted by Gasteiger charge is 2.25. The molecule has 5 rings (SSSR count). The van der Waals surface area contributed by atoms with Gasteiger partial charge in [0.05, 0.1) is 14.2 Å². The van der Waals surface area contributed by atoms with Crippen molar-refractivity contribution in [3.63, 3.8) is 0 Å². The van der Waals surface area contributed by atoms with Crippen LogP contribution in [0.2, 0.25) is 0 Å². The van der Waals surface area contributed by atoms with Gasteiger partial charge in [-0.1, -0.05) is 12.1 Å². The van der Waals surface area contributed by atoms with Gasteiger partial charge in [-0.15, -0.1) is 0 Å². The minimum Gasteiger partial charge on any atom is -0.493 e. The fourth-order valence-corrected chi connectivity index (χ4v) is 4.75. The molecule has 1 saturated carbocycles.